The molecule has 0 unspecified atom stereocenters. The van der Waals surface area contributed by atoms with Gasteiger partial charge in [0.15, 0.2) is 0 Å². The van der Waals surface area contributed by atoms with E-state index in [0.717, 1.165) is 29.2 Å². The van der Waals surface area contributed by atoms with E-state index >= 15 is 0 Å². The number of ether oxygens (including phenoxy) is 1. The number of rotatable bonds is 4. The Labute approximate surface area is 122 Å². The molecule has 5 nitrogen and oxygen atoms in total. The summed E-state index contributed by atoms with van der Waals surface area (Å²) in [6.07, 6.45) is 2.67. The molecular formula is C16H16N2O3. The third kappa shape index (κ3) is 2.97. The van der Waals surface area contributed by atoms with Crippen LogP contribution in [0.4, 0.5) is 0 Å². The molecule has 0 N–H and O–H groups in total. The van der Waals surface area contributed by atoms with Gasteiger partial charge in [0, 0.05) is 6.42 Å². The summed E-state index contributed by atoms with van der Waals surface area (Å²) in [5.74, 6) is 1.50. The maximum absolute atomic E-state index is 12.2. The van der Waals surface area contributed by atoms with Crippen LogP contribution in [0.15, 0.2) is 52.2 Å². The number of nitrogens with zero attached hydrogens (tertiary/aromatic N) is 2. The molecule has 3 rings (SSSR count). The number of methoxy groups -OCH3 is 1. The molecule has 0 saturated heterocycles. The average Bonchev–Trinajstić information content (AvgIpc) is 3.19. The second kappa shape index (κ2) is 5.83. The number of amides is 1. The molecule has 0 fully saturated rings. The first-order chi connectivity index (χ1) is 10.3. The standard InChI is InChI=1S/C16H16N2O3/c1-20-13-6-4-12(5-7-13)11-16(19)18-9-8-14(17-18)15-3-2-10-21-15/h2-7,10H,8-9,11H2,1H3. The van der Waals surface area contributed by atoms with Crippen molar-refractivity contribution in [2.24, 2.45) is 5.10 Å². The summed E-state index contributed by atoms with van der Waals surface area (Å²) in [6.45, 7) is 0.602. The van der Waals surface area contributed by atoms with Crippen molar-refractivity contribution in [1.29, 1.82) is 0 Å². The van der Waals surface area contributed by atoms with Gasteiger partial charge >= 0.3 is 0 Å². The van der Waals surface area contributed by atoms with Gasteiger partial charge in [-0.25, -0.2) is 5.01 Å². The number of hydrogen-bond acceptors (Lipinski definition) is 4. The highest BCUT2D eigenvalue weighted by Crippen LogP contribution is 2.17. The van der Waals surface area contributed by atoms with Crippen molar-refractivity contribution in [2.45, 2.75) is 12.8 Å². The van der Waals surface area contributed by atoms with Crippen molar-refractivity contribution in [3.05, 3.63) is 54.0 Å². The van der Waals surface area contributed by atoms with Gasteiger partial charge in [0.05, 0.1) is 26.3 Å². The Hall–Kier alpha value is -2.56. The minimum atomic E-state index is -0.0123. The molecule has 0 atom stereocenters. The fourth-order valence-corrected chi connectivity index (χ4v) is 2.26. The zero-order chi connectivity index (χ0) is 14.7. The van der Waals surface area contributed by atoms with Crippen molar-refractivity contribution in [2.75, 3.05) is 13.7 Å². The molecule has 2 aromatic rings. The summed E-state index contributed by atoms with van der Waals surface area (Å²) in [4.78, 5) is 12.2. The maximum Gasteiger partial charge on any atom is 0.247 e. The zero-order valence-electron chi connectivity index (χ0n) is 11.8. The molecule has 1 aliphatic heterocycles. The lowest BCUT2D eigenvalue weighted by molar-refractivity contribution is -0.130. The summed E-state index contributed by atoms with van der Waals surface area (Å²) in [5, 5.41) is 5.86. The highest BCUT2D eigenvalue weighted by atomic mass is 16.5. The van der Waals surface area contributed by atoms with Crippen LogP contribution in [-0.4, -0.2) is 30.3 Å². The SMILES string of the molecule is COc1ccc(CC(=O)N2CCC(c3ccco3)=N2)cc1. The molecule has 0 saturated carbocycles. The molecule has 108 valence electrons. The Morgan fingerprint density at radius 1 is 1.33 bits per heavy atom. The Bertz CT molecular complexity index is 645. The van der Waals surface area contributed by atoms with Crippen molar-refractivity contribution >= 4 is 11.6 Å². The van der Waals surface area contributed by atoms with Gasteiger partial charge in [0.25, 0.3) is 0 Å². The quantitative estimate of drug-likeness (QED) is 0.866. The Balaban J connectivity index is 1.66. The second-order valence-corrected chi connectivity index (χ2v) is 4.82. The van der Waals surface area contributed by atoms with Crippen LogP contribution in [0.1, 0.15) is 17.7 Å². The summed E-state index contributed by atoms with van der Waals surface area (Å²) in [5.41, 5.74) is 1.77. The summed E-state index contributed by atoms with van der Waals surface area (Å²) in [7, 11) is 1.62. The van der Waals surface area contributed by atoms with Gasteiger partial charge in [-0.2, -0.15) is 5.10 Å². The highest BCUT2D eigenvalue weighted by molar-refractivity contribution is 6.00. The number of carbonyl (C=O) groups excluding carboxylic acids is 1. The van der Waals surface area contributed by atoms with E-state index in [0.29, 0.717) is 13.0 Å². The molecule has 21 heavy (non-hydrogen) atoms. The van der Waals surface area contributed by atoms with E-state index in [1.807, 2.05) is 36.4 Å². The number of furan rings is 1. The predicted octanol–water partition coefficient (Wildman–Crippen LogP) is 2.47. The molecule has 1 aliphatic rings. The van der Waals surface area contributed by atoms with Gasteiger partial charge in [-0.3, -0.25) is 4.79 Å². The van der Waals surface area contributed by atoms with Crippen LogP contribution in [-0.2, 0) is 11.2 Å². The predicted molar refractivity (Wildman–Crippen MR) is 78.3 cm³/mol. The first-order valence-electron chi connectivity index (χ1n) is 6.81. The molecular weight excluding hydrogens is 268 g/mol. The van der Waals surface area contributed by atoms with Gasteiger partial charge in [-0.15, -0.1) is 0 Å². The van der Waals surface area contributed by atoms with Gasteiger partial charge in [0.1, 0.15) is 17.2 Å². The number of carbonyl (C=O) groups is 1. The normalized spacial score (nSPS) is 14.1. The lowest BCUT2D eigenvalue weighted by atomic mass is 10.1. The Morgan fingerprint density at radius 3 is 2.81 bits per heavy atom. The number of hydrazone groups is 1. The summed E-state index contributed by atoms with van der Waals surface area (Å²) < 4.78 is 10.4. The lowest BCUT2D eigenvalue weighted by Crippen LogP contribution is -2.25. The molecule has 1 amide bonds. The maximum atomic E-state index is 12.2. The first-order valence-corrected chi connectivity index (χ1v) is 6.81. The van der Waals surface area contributed by atoms with Gasteiger partial charge in [-0.1, -0.05) is 12.1 Å². The summed E-state index contributed by atoms with van der Waals surface area (Å²) >= 11 is 0. The third-order valence-corrected chi connectivity index (χ3v) is 3.41. The average molecular weight is 284 g/mol. The van der Waals surface area contributed by atoms with E-state index in [4.69, 9.17) is 9.15 Å². The smallest absolute Gasteiger partial charge is 0.247 e. The molecule has 0 bridgehead atoms. The molecule has 5 heteroatoms. The van der Waals surface area contributed by atoms with Crippen LogP contribution >= 0.6 is 0 Å². The zero-order valence-corrected chi connectivity index (χ0v) is 11.8. The van der Waals surface area contributed by atoms with Crippen molar-refractivity contribution in [1.82, 2.24) is 5.01 Å². The van der Waals surface area contributed by atoms with Crippen molar-refractivity contribution in [3.8, 4) is 5.75 Å². The summed E-state index contributed by atoms with van der Waals surface area (Å²) in [6, 6.07) is 11.2. The molecule has 0 spiro atoms. The topological polar surface area (TPSA) is 55.0 Å². The molecule has 1 aromatic heterocycles. The largest absolute Gasteiger partial charge is 0.497 e. The molecule has 2 heterocycles. The van der Waals surface area contributed by atoms with E-state index < -0.39 is 0 Å². The molecule has 1 aromatic carbocycles. The fraction of sp³-hybridized carbons (Fsp3) is 0.250. The Kier molecular flexibility index (Phi) is 3.73. The van der Waals surface area contributed by atoms with Crippen LogP contribution < -0.4 is 4.74 Å². The van der Waals surface area contributed by atoms with Crippen molar-refractivity contribution < 1.29 is 13.9 Å². The van der Waals surface area contributed by atoms with E-state index in [1.54, 1.807) is 13.4 Å². The van der Waals surface area contributed by atoms with Crippen LogP contribution in [0, 0.1) is 0 Å². The van der Waals surface area contributed by atoms with E-state index in [9.17, 15) is 4.79 Å². The molecule has 0 aliphatic carbocycles. The van der Waals surface area contributed by atoms with Gasteiger partial charge in [0.2, 0.25) is 5.91 Å². The Morgan fingerprint density at radius 2 is 2.14 bits per heavy atom. The van der Waals surface area contributed by atoms with Crippen molar-refractivity contribution in [3.63, 3.8) is 0 Å². The highest BCUT2D eigenvalue weighted by Gasteiger charge is 2.22. The number of hydrogen-bond donors (Lipinski definition) is 0. The first kappa shape index (κ1) is 13.4. The van der Waals surface area contributed by atoms with Crippen LogP contribution in [0.2, 0.25) is 0 Å². The lowest BCUT2D eigenvalue weighted by Gasteiger charge is -2.11. The second-order valence-electron chi connectivity index (χ2n) is 4.82. The van der Waals surface area contributed by atoms with E-state index in [-0.39, 0.29) is 5.91 Å². The minimum Gasteiger partial charge on any atom is -0.497 e. The third-order valence-electron chi connectivity index (χ3n) is 3.41. The van der Waals surface area contributed by atoms with Crippen LogP contribution in [0.5, 0.6) is 5.75 Å². The molecule has 0 radical (unpaired) electrons. The van der Waals surface area contributed by atoms with E-state index in [1.165, 1.54) is 5.01 Å². The van der Waals surface area contributed by atoms with Gasteiger partial charge < -0.3 is 9.15 Å². The fourth-order valence-electron chi connectivity index (χ4n) is 2.26. The monoisotopic (exact) mass is 284 g/mol. The van der Waals surface area contributed by atoms with Crippen LogP contribution in [0.25, 0.3) is 0 Å². The van der Waals surface area contributed by atoms with Crippen LogP contribution in [0.3, 0.4) is 0 Å². The van der Waals surface area contributed by atoms with Gasteiger partial charge in [-0.05, 0) is 29.8 Å². The number of benzene rings is 1. The minimum absolute atomic E-state index is 0.0123. The van der Waals surface area contributed by atoms with E-state index in [2.05, 4.69) is 5.10 Å².